The Balaban J connectivity index is 1.90. The van der Waals surface area contributed by atoms with E-state index in [0.717, 1.165) is 30.9 Å². The van der Waals surface area contributed by atoms with Crippen LogP contribution in [0.3, 0.4) is 0 Å². The Labute approximate surface area is 119 Å². The number of nitrogens with zero attached hydrogens (tertiary/aromatic N) is 3. The molecule has 2 rings (SSSR count). The fraction of sp³-hybridized carbons (Fsp3) is 0.400. The Hall–Kier alpha value is -2.17. The van der Waals surface area contributed by atoms with Gasteiger partial charge in [0.25, 0.3) is 0 Å². The molecular weight excluding hydrogens is 252 g/mol. The smallest absolute Gasteiger partial charge is 0.218 e. The van der Waals surface area contributed by atoms with Gasteiger partial charge in [-0.2, -0.15) is 4.98 Å². The van der Waals surface area contributed by atoms with Gasteiger partial charge in [0.1, 0.15) is 11.6 Å². The molecule has 2 aromatic heterocycles. The molecule has 0 radical (unpaired) electrons. The van der Waals surface area contributed by atoms with Gasteiger partial charge in [0.15, 0.2) is 0 Å². The van der Waals surface area contributed by atoms with E-state index in [-0.39, 0.29) is 0 Å². The standard InChI is InChI=1S/C15H20N4O/c1-3-8-17-14-11-15(19-12(2)18-14)20-10-7-13-6-4-5-9-16-13/h4-6,9,11H,3,7-8,10H2,1-2H3,(H,17,18,19). The van der Waals surface area contributed by atoms with E-state index in [9.17, 15) is 0 Å². The van der Waals surface area contributed by atoms with Crippen molar-refractivity contribution >= 4 is 5.82 Å². The van der Waals surface area contributed by atoms with Crippen LogP contribution in [0.2, 0.25) is 0 Å². The molecule has 106 valence electrons. The summed E-state index contributed by atoms with van der Waals surface area (Å²) in [5.41, 5.74) is 1.02. The number of pyridine rings is 1. The van der Waals surface area contributed by atoms with Crippen LogP contribution < -0.4 is 10.1 Å². The fourth-order valence-corrected chi connectivity index (χ4v) is 1.76. The first kappa shape index (κ1) is 14.2. The van der Waals surface area contributed by atoms with Gasteiger partial charge in [0, 0.05) is 30.9 Å². The molecule has 20 heavy (non-hydrogen) atoms. The highest BCUT2D eigenvalue weighted by molar-refractivity contribution is 5.38. The maximum atomic E-state index is 5.68. The Morgan fingerprint density at radius 2 is 2.15 bits per heavy atom. The van der Waals surface area contributed by atoms with Gasteiger partial charge < -0.3 is 10.1 Å². The Bertz CT molecular complexity index is 531. The monoisotopic (exact) mass is 272 g/mol. The van der Waals surface area contributed by atoms with Crippen molar-refractivity contribution in [2.24, 2.45) is 0 Å². The van der Waals surface area contributed by atoms with Crippen molar-refractivity contribution in [3.05, 3.63) is 42.0 Å². The fourth-order valence-electron chi connectivity index (χ4n) is 1.76. The van der Waals surface area contributed by atoms with Crippen LogP contribution in [0, 0.1) is 6.92 Å². The minimum absolute atomic E-state index is 0.556. The second kappa shape index (κ2) is 7.43. The summed E-state index contributed by atoms with van der Waals surface area (Å²) in [5.74, 6) is 2.12. The predicted octanol–water partition coefficient (Wildman–Crippen LogP) is 2.62. The zero-order valence-electron chi connectivity index (χ0n) is 12.0. The van der Waals surface area contributed by atoms with Crippen molar-refractivity contribution in [1.82, 2.24) is 15.0 Å². The maximum absolute atomic E-state index is 5.68. The molecule has 2 aromatic rings. The van der Waals surface area contributed by atoms with Gasteiger partial charge in [-0.25, -0.2) is 4.98 Å². The number of aryl methyl sites for hydroxylation is 1. The minimum Gasteiger partial charge on any atom is -0.477 e. The third kappa shape index (κ3) is 4.50. The minimum atomic E-state index is 0.556. The van der Waals surface area contributed by atoms with Crippen molar-refractivity contribution in [2.75, 3.05) is 18.5 Å². The largest absolute Gasteiger partial charge is 0.477 e. The predicted molar refractivity (Wildman–Crippen MR) is 79.0 cm³/mol. The van der Waals surface area contributed by atoms with Crippen LogP contribution in [-0.4, -0.2) is 28.1 Å². The Morgan fingerprint density at radius 3 is 2.90 bits per heavy atom. The average Bonchev–Trinajstić information content (AvgIpc) is 2.46. The van der Waals surface area contributed by atoms with Crippen LogP contribution in [-0.2, 0) is 6.42 Å². The van der Waals surface area contributed by atoms with Gasteiger partial charge >= 0.3 is 0 Å². The summed E-state index contributed by atoms with van der Waals surface area (Å²) in [6, 6.07) is 7.71. The topological polar surface area (TPSA) is 59.9 Å². The summed E-state index contributed by atoms with van der Waals surface area (Å²) in [6.45, 7) is 5.43. The lowest BCUT2D eigenvalue weighted by Crippen LogP contribution is -2.07. The third-order valence-corrected chi connectivity index (χ3v) is 2.70. The lowest BCUT2D eigenvalue weighted by atomic mass is 10.3. The zero-order valence-corrected chi connectivity index (χ0v) is 12.0. The summed E-state index contributed by atoms with van der Waals surface area (Å²) in [7, 11) is 0. The molecule has 0 saturated carbocycles. The lowest BCUT2D eigenvalue weighted by molar-refractivity contribution is 0.307. The molecule has 1 N–H and O–H groups in total. The van der Waals surface area contributed by atoms with Crippen molar-refractivity contribution in [1.29, 1.82) is 0 Å². The van der Waals surface area contributed by atoms with Crippen LogP contribution in [0.15, 0.2) is 30.5 Å². The molecule has 0 aliphatic heterocycles. The second-order valence-electron chi connectivity index (χ2n) is 4.48. The summed E-state index contributed by atoms with van der Waals surface area (Å²) < 4.78 is 5.68. The van der Waals surface area contributed by atoms with Crippen molar-refractivity contribution in [3.63, 3.8) is 0 Å². The van der Waals surface area contributed by atoms with Crippen LogP contribution in [0.25, 0.3) is 0 Å². The summed E-state index contributed by atoms with van der Waals surface area (Å²) in [6.07, 6.45) is 3.61. The van der Waals surface area contributed by atoms with Gasteiger partial charge in [0.05, 0.1) is 6.61 Å². The highest BCUT2D eigenvalue weighted by atomic mass is 16.5. The zero-order chi connectivity index (χ0) is 14.2. The molecule has 5 nitrogen and oxygen atoms in total. The number of rotatable bonds is 7. The molecule has 0 aromatic carbocycles. The van der Waals surface area contributed by atoms with Crippen LogP contribution in [0.4, 0.5) is 5.82 Å². The van der Waals surface area contributed by atoms with Gasteiger partial charge in [-0.3, -0.25) is 4.98 Å². The number of aromatic nitrogens is 3. The molecule has 0 spiro atoms. The van der Waals surface area contributed by atoms with Crippen LogP contribution >= 0.6 is 0 Å². The molecular formula is C15H20N4O. The molecule has 2 heterocycles. The lowest BCUT2D eigenvalue weighted by Gasteiger charge is -2.09. The average molecular weight is 272 g/mol. The van der Waals surface area contributed by atoms with E-state index in [1.54, 1.807) is 6.20 Å². The van der Waals surface area contributed by atoms with Crippen molar-refractivity contribution in [2.45, 2.75) is 26.7 Å². The molecule has 0 unspecified atom stereocenters. The van der Waals surface area contributed by atoms with E-state index in [4.69, 9.17) is 4.74 Å². The van der Waals surface area contributed by atoms with Gasteiger partial charge in [0.2, 0.25) is 5.88 Å². The first-order chi connectivity index (χ1) is 9.78. The quantitative estimate of drug-likeness (QED) is 0.839. The number of ether oxygens (including phenoxy) is 1. The number of hydrogen-bond donors (Lipinski definition) is 1. The molecule has 0 bridgehead atoms. The highest BCUT2D eigenvalue weighted by Crippen LogP contribution is 2.13. The molecule has 5 heteroatoms. The molecule has 0 saturated heterocycles. The Morgan fingerprint density at radius 1 is 1.25 bits per heavy atom. The van der Waals surface area contributed by atoms with Gasteiger partial charge in [-0.05, 0) is 25.5 Å². The van der Waals surface area contributed by atoms with E-state index < -0.39 is 0 Å². The van der Waals surface area contributed by atoms with E-state index in [2.05, 4.69) is 27.2 Å². The van der Waals surface area contributed by atoms with E-state index >= 15 is 0 Å². The van der Waals surface area contributed by atoms with E-state index in [1.807, 2.05) is 31.2 Å². The van der Waals surface area contributed by atoms with E-state index in [0.29, 0.717) is 18.3 Å². The van der Waals surface area contributed by atoms with Crippen molar-refractivity contribution in [3.8, 4) is 5.88 Å². The molecule has 0 atom stereocenters. The van der Waals surface area contributed by atoms with Crippen LogP contribution in [0.5, 0.6) is 5.88 Å². The summed E-state index contributed by atoms with van der Waals surface area (Å²) in [4.78, 5) is 12.9. The number of nitrogens with one attached hydrogen (secondary N) is 1. The SMILES string of the molecule is CCCNc1cc(OCCc2ccccn2)nc(C)n1. The first-order valence-corrected chi connectivity index (χ1v) is 6.90. The number of anilines is 1. The molecule has 0 amide bonds. The van der Waals surface area contributed by atoms with Gasteiger partial charge in [-0.15, -0.1) is 0 Å². The summed E-state index contributed by atoms with van der Waals surface area (Å²) >= 11 is 0. The summed E-state index contributed by atoms with van der Waals surface area (Å²) in [5, 5.41) is 3.24. The number of hydrogen-bond acceptors (Lipinski definition) is 5. The van der Waals surface area contributed by atoms with Crippen LogP contribution in [0.1, 0.15) is 24.9 Å². The Kier molecular flexibility index (Phi) is 5.29. The molecule has 0 aliphatic carbocycles. The van der Waals surface area contributed by atoms with Crippen molar-refractivity contribution < 1.29 is 4.74 Å². The molecule has 0 aliphatic rings. The van der Waals surface area contributed by atoms with Gasteiger partial charge in [-0.1, -0.05) is 13.0 Å². The third-order valence-electron chi connectivity index (χ3n) is 2.70. The maximum Gasteiger partial charge on any atom is 0.218 e. The first-order valence-electron chi connectivity index (χ1n) is 6.90. The molecule has 0 fully saturated rings. The normalized spacial score (nSPS) is 10.3. The highest BCUT2D eigenvalue weighted by Gasteiger charge is 2.03. The van der Waals surface area contributed by atoms with E-state index in [1.165, 1.54) is 0 Å². The second-order valence-corrected chi connectivity index (χ2v) is 4.48.